The van der Waals surface area contributed by atoms with Gasteiger partial charge in [0.25, 0.3) is 0 Å². The van der Waals surface area contributed by atoms with E-state index < -0.39 is 0 Å². The van der Waals surface area contributed by atoms with E-state index in [0.29, 0.717) is 12.4 Å². The Kier molecular flexibility index (Phi) is 4.17. The number of urea groups is 1. The van der Waals surface area contributed by atoms with Crippen LogP contribution < -0.4 is 10.6 Å². The third-order valence-electron chi connectivity index (χ3n) is 1.42. The lowest BCUT2D eigenvalue weighted by Crippen LogP contribution is -2.29. The second kappa shape index (κ2) is 5.47. The molecule has 0 radical (unpaired) electrons. The van der Waals surface area contributed by atoms with Crippen LogP contribution in [0.15, 0.2) is 5.38 Å². The summed E-state index contributed by atoms with van der Waals surface area (Å²) in [5, 5.41) is 10.6. The van der Waals surface area contributed by atoms with Crippen LogP contribution in [-0.2, 0) is 0 Å². The Morgan fingerprint density at radius 2 is 2.54 bits per heavy atom. The highest BCUT2D eigenvalue weighted by molar-refractivity contribution is 7.03. The van der Waals surface area contributed by atoms with Gasteiger partial charge in [-0.05, 0) is 18.0 Å². The van der Waals surface area contributed by atoms with E-state index >= 15 is 0 Å². The summed E-state index contributed by atoms with van der Waals surface area (Å²) in [6.45, 7) is 2.77. The van der Waals surface area contributed by atoms with Gasteiger partial charge in [0.05, 0.1) is 5.38 Å². The van der Waals surface area contributed by atoms with Crippen molar-refractivity contribution in [2.75, 3.05) is 11.9 Å². The third kappa shape index (κ3) is 3.84. The van der Waals surface area contributed by atoms with E-state index in [9.17, 15) is 4.79 Å². The highest BCUT2D eigenvalue weighted by Crippen LogP contribution is 2.02. The Morgan fingerprint density at radius 3 is 3.15 bits per heavy atom. The normalized spacial score (nSPS) is 9.62. The van der Waals surface area contributed by atoms with Crippen molar-refractivity contribution in [3.8, 4) is 0 Å². The molecule has 0 aliphatic rings. The Balaban J connectivity index is 2.18. The molecule has 0 saturated heterocycles. The third-order valence-corrected chi connectivity index (χ3v) is 1.92. The average molecular weight is 200 g/mol. The van der Waals surface area contributed by atoms with E-state index in [1.807, 2.05) is 0 Å². The zero-order valence-corrected chi connectivity index (χ0v) is 8.23. The van der Waals surface area contributed by atoms with Crippen LogP contribution in [-0.4, -0.2) is 22.2 Å². The van der Waals surface area contributed by atoms with Gasteiger partial charge in [0.1, 0.15) is 0 Å². The molecule has 0 aliphatic carbocycles. The number of nitrogens with one attached hydrogen (secondary N) is 2. The summed E-state index contributed by atoms with van der Waals surface area (Å²) in [5.41, 5.74) is 0. The number of rotatable bonds is 4. The molecule has 2 N–H and O–H groups in total. The minimum Gasteiger partial charge on any atom is -0.338 e. The van der Waals surface area contributed by atoms with Crippen LogP contribution in [0.5, 0.6) is 0 Å². The molecule has 2 amide bonds. The number of hydrogen-bond acceptors (Lipinski definition) is 4. The number of aromatic nitrogens is 2. The van der Waals surface area contributed by atoms with Crippen molar-refractivity contribution in [1.29, 1.82) is 0 Å². The van der Waals surface area contributed by atoms with Crippen LogP contribution >= 0.6 is 11.5 Å². The second-order valence-electron chi connectivity index (χ2n) is 2.52. The van der Waals surface area contributed by atoms with Crippen LogP contribution in [0.4, 0.5) is 10.6 Å². The fourth-order valence-electron chi connectivity index (χ4n) is 0.758. The molecule has 0 atom stereocenters. The van der Waals surface area contributed by atoms with Crippen molar-refractivity contribution in [2.45, 2.75) is 19.8 Å². The van der Waals surface area contributed by atoms with Gasteiger partial charge in [0.15, 0.2) is 5.82 Å². The molecule has 1 aromatic rings. The fourth-order valence-corrected chi connectivity index (χ4v) is 1.15. The molecule has 13 heavy (non-hydrogen) atoms. The smallest absolute Gasteiger partial charge is 0.320 e. The van der Waals surface area contributed by atoms with E-state index in [2.05, 4.69) is 27.1 Å². The molecule has 1 rings (SSSR count). The Labute approximate surface area is 80.7 Å². The number of anilines is 1. The molecule has 5 nitrogen and oxygen atoms in total. The Hall–Kier alpha value is -1.17. The molecule has 0 spiro atoms. The summed E-state index contributed by atoms with van der Waals surface area (Å²) in [7, 11) is 0. The zero-order chi connectivity index (χ0) is 9.52. The largest absolute Gasteiger partial charge is 0.338 e. The van der Waals surface area contributed by atoms with Gasteiger partial charge in [-0.3, -0.25) is 5.32 Å². The van der Waals surface area contributed by atoms with Gasteiger partial charge in [-0.1, -0.05) is 17.8 Å². The monoisotopic (exact) mass is 200 g/mol. The van der Waals surface area contributed by atoms with Gasteiger partial charge < -0.3 is 5.32 Å². The molecule has 1 heterocycles. The zero-order valence-electron chi connectivity index (χ0n) is 7.41. The first-order valence-corrected chi connectivity index (χ1v) is 4.98. The molecule has 0 unspecified atom stereocenters. The van der Waals surface area contributed by atoms with E-state index in [-0.39, 0.29) is 6.03 Å². The minimum atomic E-state index is -0.221. The van der Waals surface area contributed by atoms with Crippen molar-refractivity contribution >= 4 is 23.4 Å². The number of carbonyl (C=O) groups is 1. The predicted molar refractivity (Wildman–Crippen MR) is 51.8 cm³/mol. The van der Waals surface area contributed by atoms with E-state index in [4.69, 9.17) is 0 Å². The van der Waals surface area contributed by atoms with Crippen LogP contribution in [0.1, 0.15) is 19.8 Å². The maximum absolute atomic E-state index is 11.1. The summed E-state index contributed by atoms with van der Waals surface area (Å²) < 4.78 is 3.62. The Morgan fingerprint density at radius 1 is 1.69 bits per heavy atom. The number of nitrogens with zero attached hydrogens (tertiary/aromatic N) is 2. The SMILES string of the molecule is CCCCNC(=O)Nc1csnn1. The van der Waals surface area contributed by atoms with Crippen LogP contribution in [0, 0.1) is 0 Å². The van der Waals surface area contributed by atoms with E-state index in [1.54, 1.807) is 5.38 Å². The lowest BCUT2D eigenvalue weighted by atomic mass is 10.3. The molecule has 72 valence electrons. The van der Waals surface area contributed by atoms with E-state index in [0.717, 1.165) is 12.8 Å². The van der Waals surface area contributed by atoms with Gasteiger partial charge in [-0.2, -0.15) is 0 Å². The van der Waals surface area contributed by atoms with Crippen molar-refractivity contribution in [1.82, 2.24) is 14.9 Å². The maximum Gasteiger partial charge on any atom is 0.320 e. The average Bonchev–Trinajstić information content (AvgIpc) is 2.57. The second-order valence-corrected chi connectivity index (χ2v) is 3.13. The summed E-state index contributed by atoms with van der Waals surface area (Å²) in [6, 6.07) is -0.221. The van der Waals surface area contributed by atoms with Crippen molar-refractivity contribution in [2.24, 2.45) is 0 Å². The van der Waals surface area contributed by atoms with Crippen LogP contribution in [0.3, 0.4) is 0 Å². The lowest BCUT2D eigenvalue weighted by molar-refractivity contribution is 0.252. The molecule has 0 bridgehead atoms. The van der Waals surface area contributed by atoms with Crippen molar-refractivity contribution in [3.05, 3.63) is 5.38 Å². The van der Waals surface area contributed by atoms with Crippen LogP contribution in [0.25, 0.3) is 0 Å². The molecule has 0 aromatic carbocycles. The number of unbranched alkanes of at least 4 members (excludes halogenated alkanes) is 1. The quantitative estimate of drug-likeness (QED) is 0.723. The number of amides is 2. The molecule has 0 aliphatic heterocycles. The molecule has 0 fully saturated rings. The van der Waals surface area contributed by atoms with Gasteiger partial charge in [-0.15, -0.1) is 5.10 Å². The fraction of sp³-hybridized carbons (Fsp3) is 0.571. The highest BCUT2D eigenvalue weighted by Gasteiger charge is 2.01. The van der Waals surface area contributed by atoms with Crippen molar-refractivity contribution < 1.29 is 4.79 Å². The first-order valence-electron chi connectivity index (χ1n) is 4.15. The highest BCUT2D eigenvalue weighted by atomic mass is 32.1. The summed E-state index contributed by atoms with van der Waals surface area (Å²) in [4.78, 5) is 11.1. The summed E-state index contributed by atoms with van der Waals surface area (Å²) in [6.07, 6.45) is 2.06. The van der Waals surface area contributed by atoms with Gasteiger partial charge in [0.2, 0.25) is 0 Å². The minimum absolute atomic E-state index is 0.221. The first-order chi connectivity index (χ1) is 6.33. The van der Waals surface area contributed by atoms with Gasteiger partial charge in [-0.25, -0.2) is 4.79 Å². The maximum atomic E-state index is 11.1. The first kappa shape index (κ1) is 9.91. The van der Waals surface area contributed by atoms with E-state index in [1.165, 1.54) is 11.5 Å². The standard InChI is InChI=1S/C7H12N4OS/c1-2-3-4-8-7(12)9-6-5-13-11-10-6/h5H,2-4H2,1H3,(H2,8,9,12). The number of carbonyl (C=O) groups excluding carboxylic acids is 1. The number of hydrogen-bond donors (Lipinski definition) is 2. The summed E-state index contributed by atoms with van der Waals surface area (Å²) >= 11 is 1.21. The lowest BCUT2D eigenvalue weighted by Gasteiger charge is -2.03. The van der Waals surface area contributed by atoms with Crippen LogP contribution in [0.2, 0.25) is 0 Å². The predicted octanol–water partition coefficient (Wildman–Crippen LogP) is 1.46. The molecule has 0 saturated carbocycles. The molecular formula is C7H12N4OS. The van der Waals surface area contributed by atoms with Crippen molar-refractivity contribution in [3.63, 3.8) is 0 Å². The van der Waals surface area contributed by atoms with Gasteiger partial charge in [0, 0.05) is 6.54 Å². The Bertz CT molecular complexity index is 249. The molecular weight excluding hydrogens is 188 g/mol. The van der Waals surface area contributed by atoms with Gasteiger partial charge >= 0.3 is 6.03 Å². The molecule has 1 aromatic heterocycles. The summed E-state index contributed by atoms with van der Waals surface area (Å²) in [5.74, 6) is 0.499. The topological polar surface area (TPSA) is 66.9 Å². The molecule has 6 heteroatoms.